The molecule has 0 bridgehead atoms. The SMILES string of the molecule is COc1ccc(OC)c([C@H](C)NC(=O)c2ccc(N(C)S(C)(=O)=O)cc2)c1. The Balaban J connectivity index is 2.17. The van der Waals surface area contributed by atoms with Gasteiger partial charge in [0.1, 0.15) is 11.5 Å². The third kappa shape index (κ3) is 4.91. The van der Waals surface area contributed by atoms with E-state index < -0.39 is 10.0 Å². The van der Waals surface area contributed by atoms with E-state index in [0.29, 0.717) is 22.7 Å². The van der Waals surface area contributed by atoms with Crippen molar-refractivity contribution in [3.8, 4) is 11.5 Å². The molecule has 0 saturated carbocycles. The average molecular weight is 392 g/mol. The molecule has 7 nitrogen and oxygen atoms in total. The molecule has 27 heavy (non-hydrogen) atoms. The molecule has 0 aliphatic carbocycles. The van der Waals surface area contributed by atoms with E-state index in [1.54, 1.807) is 50.6 Å². The molecule has 0 radical (unpaired) electrons. The molecule has 0 spiro atoms. The van der Waals surface area contributed by atoms with Gasteiger partial charge in [0.05, 0.1) is 32.2 Å². The van der Waals surface area contributed by atoms with Crippen molar-refractivity contribution in [1.29, 1.82) is 0 Å². The highest BCUT2D eigenvalue weighted by atomic mass is 32.2. The lowest BCUT2D eigenvalue weighted by Crippen LogP contribution is -2.27. The fraction of sp³-hybridized carbons (Fsp3) is 0.316. The normalized spacial score (nSPS) is 12.2. The van der Waals surface area contributed by atoms with Crippen LogP contribution in [0.4, 0.5) is 5.69 Å². The van der Waals surface area contributed by atoms with E-state index in [2.05, 4.69) is 5.32 Å². The number of hydrogen-bond acceptors (Lipinski definition) is 5. The van der Waals surface area contributed by atoms with Gasteiger partial charge in [-0.1, -0.05) is 0 Å². The third-order valence-electron chi connectivity index (χ3n) is 4.24. The van der Waals surface area contributed by atoms with Crippen molar-refractivity contribution in [2.45, 2.75) is 13.0 Å². The van der Waals surface area contributed by atoms with Crippen molar-refractivity contribution < 1.29 is 22.7 Å². The van der Waals surface area contributed by atoms with Gasteiger partial charge in [-0.3, -0.25) is 9.10 Å². The number of carbonyl (C=O) groups excluding carboxylic acids is 1. The largest absolute Gasteiger partial charge is 0.497 e. The molecule has 0 fully saturated rings. The van der Waals surface area contributed by atoms with Crippen molar-refractivity contribution in [2.24, 2.45) is 0 Å². The Morgan fingerprint density at radius 1 is 1.07 bits per heavy atom. The van der Waals surface area contributed by atoms with Crippen molar-refractivity contribution in [2.75, 3.05) is 31.8 Å². The lowest BCUT2D eigenvalue weighted by atomic mass is 10.1. The van der Waals surface area contributed by atoms with Crippen LogP contribution in [0.2, 0.25) is 0 Å². The molecular weight excluding hydrogens is 368 g/mol. The summed E-state index contributed by atoms with van der Waals surface area (Å²) in [4.78, 5) is 12.5. The minimum absolute atomic E-state index is 0.277. The van der Waals surface area contributed by atoms with Gasteiger partial charge in [0, 0.05) is 18.2 Å². The summed E-state index contributed by atoms with van der Waals surface area (Å²) >= 11 is 0. The number of nitrogens with one attached hydrogen (secondary N) is 1. The minimum atomic E-state index is -3.35. The van der Waals surface area contributed by atoms with Crippen LogP contribution >= 0.6 is 0 Å². The van der Waals surface area contributed by atoms with Gasteiger partial charge in [0.25, 0.3) is 5.91 Å². The van der Waals surface area contributed by atoms with Crippen LogP contribution in [0.15, 0.2) is 42.5 Å². The summed E-state index contributed by atoms with van der Waals surface area (Å²) < 4.78 is 34.9. The summed E-state index contributed by atoms with van der Waals surface area (Å²) in [6.45, 7) is 1.85. The zero-order valence-corrected chi connectivity index (χ0v) is 16.8. The number of nitrogens with zero attached hydrogens (tertiary/aromatic N) is 1. The fourth-order valence-electron chi connectivity index (χ4n) is 2.55. The summed E-state index contributed by atoms with van der Waals surface area (Å²) in [5, 5.41) is 2.91. The monoisotopic (exact) mass is 392 g/mol. The fourth-order valence-corrected chi connectivity index (χ4v) is 3.05. The minimum Gasteiger partial charge on any atom is -0.497 e. The third-order valence-corrected chi connectivity index (χ3v) is 5.45. The molecule has 1 N–H and O–H groups in total. The highest BCUT2D eigenvalue weighted by Crippen LogP contribution is 2.29. The number of rotatable bonds is 7. The first-order valence-electron chi connectivity index (χ1n) is 8.24. The average Bonchev–Trinajstić information content (AvgIpc) is 2.66. The Morgan fingerprint density at radius 2 is 1.70 bits per heavy atom. The highest BCUT2D eigenvalue weighted by molar-refractivity contribution is 7.92. The van der Waals surface area contributed by atoms with E-state index in [1.165, 1.54) is 7.05 Å². The van der Waals surface area contributed by atoms with Crippen LogP contribution in [0.1, 0.15) is 28.9 Å². The molecule has 146 valence electrons. The van der Waals surface area contributed by atoms with Crippen molar-refractivity contribution in [3.05, 3.63) is 53.6 Å². The van der Waals surface area contributed by atoms with Crippen LogP contribution in [0.3, 0.4) is 0 Å². The second-order valence-electron chi connectivity index (χ2n) is 6.08. The van der Waals surface area contributed by atoms with E-state index in [9.17, 15) is 13.2 Å². The zero-order valence-electron chi connectivity index (χ0n) is 16.0. The van der Waals surface area contributed by atoms with Gasteiger partial charge in [-0.15, -0.1) is 0 Å². The summed E-state index contributed by atoms with van der Waals surface area (Å²) in [7, 11) is 1.25. The van der Waals surface area contributed by atoms with Gasteiger partial charge in [-0.2, -0.15) is 0 Å². The zero-order chi connectivity index (χ0) is 20.2. The molecule has 0 aliphatic rings. The second kappa shape index (κ2) is 8.30. The van der Waals surface area contributed by atoms with Gasteiger partial charge in [0.15, 0.2) is 0 Å². The molecule has 2 aromatic rings. The molecule has 0 unspecified atom stereocenters. The van der Waals surface area contributed by atoms with E-state index >= 15 is 0 Å². The lowest BCUT2D eigenvalue weighted by Gasteiger charge is -2.19. The quantitative estimate of drug-likeness (QED) is 0.783. The first-order chi connectivity index (χ1) is 12.7. The van der Waals surface area contributed by atoms with E-state index in [0.717, 1.165) is 16.1 Å². The smallest absolute Gasteiger partial charge is 0.251 e. The number of hydrogen-bond donors (Lipinski definition) is 1. The van der Waals surface area contributed by atoms with Crippen LogP contribution in [0.25, 0.3) is 0 Å². The van der Waals surface area contributed by atoms with Crippen LogP contribution in [-0.4, -0.2) is 41.8 Å². The number of carbonyl (C=O) groups is 1. The van der Waals surface area contributed by atoms with Gasteiger partial charge >= 0.3 is 0 Å². The van der Waals surface area contributed by atoms with Crippen LogP contribution in [0, 0.1) is 0 Å². The first kappa shape index (κ1) is 20.6. The van der Waals surface area contributed by atoms with Crippen LogP contribution < -0.4 is 19.1 Å². The number of sulfonamides is 1. The molecule has 1 atom stereocenters. The van der Waals surface area contributed by atoms with Gasteiger partial charge in [-0.05, 0) is 49.4 Å². The molecule has 0 aliphatic heterocycles. The lowest BCUT2D eigenvalue weighted by molar-refractivity contribution is 0.0939. The Bertz CT molecular complexity index is 910. The number of methoxy groups -OCH3 is 2. The molecule has 0 saturated heterocycles. The number of ether oxygens (including phenoxy) is 2. The van der Waals surface area contributed by atoms with Crippen molar-refractivity contribution in [1.82, 2.24) is 5.32 Å². The van der Waals surface area contributed by atoms with Gasteiger partial charge < -0.3 is 14.8 Å². The molecule has 2 aromatic carbocycles. The van der Waals surface area contributed by atoms with Gasteiger partial charge in [0.2, 0.25) is 10.0 Å². The highest BCUT2D eigenvalue weighted by Gasteiger charge is 2.17. The number of anilines is 1. The number of amides is 1. The summed E-state index contributed by atoms with van der Waals surface area (Å²) in [5.74, 6) is 1.04. The maximum atomic E-state index is 12.5. The van der Waals surface area contributed by atoms with Crippen LogP contribution in [0.5, 0.6) is 11.5 Å². The maximum absolute atomic E-state index is 12.5. The Kier molecular flexibility index (Phi) is 6.32. The maximum Gasteiger partial charge on any atom is 0.251 e. The van der Waals surface area contributed by atoms with Crippen LogP contribution in [-0.2, 0) is 10.0 Å². The second-order valence-corrected chi connectivity index (χ2v) is 8.09. The van der Waals surface area contributed by atoms with E-state index in [1.807, 2.05) is 13.0 Å². The van der Waals surface area contributed by atoms with Gasteiger partial charge in [-0.25, -0.2) is 8.42 Å². The number of benzene rings is 2. The Morgan fingerprint density at radius 3 is 2.22 bits per heavy atom. The molecule has 8 heteroatoms. The van der Waals surface area contributed by atoms with Crippen molar-refractivity contribution in [3.63, 3.8) is 0 Å². The Hall–Kier alpha value is -2.74. The predicted molar refractivity (Wildman–Crippen MR) is 105 cm³/mol. The Labute approximate surface area is 160 Å². The van der Waals surface area contributed by atoms with E-state index in [4.69, 9.17) is 9.47 Å². The first-order valence-corrected chi connectivity index (χ1v) is 10.1. The molecule has 0 aromatic heterocycles. The molecule has 0 heterocycles. The summed E-state index contributed by atoms with van der Waals surface area (Å²) in [6.07, 6.45) is 1.12. The van der Waals surface area contributed by atoms with E-state index in [-0.39, 0.29) is 11.9 Å². The summed E-state index contributed by atoms with van der Waals surface area (Å²) in [6, 6.07) is 11.4. The standard InChI is InChI=1S/C19H24N2O5S/c1-13(17-12-16(25-3)10-11-18(17)26-4)20-19(22)14-6-8-15(9-7-14)21(2)27(5,23)24/h6-13H,1-5H3,(H,20,22)/t13-/m0/s1. The van der Waals surface area contributed by atoms with Crippen molar-refractivity contribution >= 4 is 21.6 Å². The molecular formula is C19H24N2O5S. The molecule has 1 amide bonds. The molecule has 2 rings (SSSR count). The predicted octanol–water partition coefficient (Wildman–Crippen LogP) is 2.59. The summed E-state index contributed by atoms with van der Waals surface area (Å²) in [5.41, 5.74) is 1.70. The topological polar surface area (TPSA) is 84.9 Å².